The summed E-state index contributed by atoms with van der Waals surface area (Å²) in [7, 11) is 2.21. The van der Waals surface area contributed by atoms with Crippen LogP contribution in [-0.2, 0) is 0 Å². The minimum absolute atomic E-state index is 0.434. The zero-order chi connectivity index (χ0) is 17.3. The first-order valence-corrected chi connectivity index (χ1v) is 9.37. The number of nitrogens with two attached hydrogens (primary N) is 1. The second kappa shape index (κ2) is 6.89. The number of hydrogen-bond acceptors (Lipinski definition) is 3. The molecule has 0 aromatic heterocycles. The van der Waals surface area contributed by atoms with E-state index in [4.69, 9.17) is 5.73 Å². The Bertz CT molecular complexity index is 610. The number of benzene rings is 1. The summed E-state index contributed by atoms with van der Waals surface area (Å²) < 4.78 is 0. The molecular weight excluding hydrogens is 294 g/mol. The van der Waals surface area contributed by atoms with Crippen molar-refractivity contribution in [1.82, 2.24) is 9.80 Å². The van der Waals surface area contributed by atoms with Gasteiger partial charge in [0.1, 0.15) is 0 Å². The van der Waals surface area contributed by atoms with Crippen molar-refractivity contribution >= 4 is 11.3 Å². The van der Waals surface area contributed by atoms with E-state index in [2.05, 4.69) is 61.9 Å². The second-order valence-corrected chi connectivity index (χ2v) is 8.46. The molecule has 3 rings (SSSR count). The molecule has 0 radical (unpaired) electrons. The minimum atomic E-state index is 0.434. The molecule has 1 fully saturated rings. The van der Waals surface area contributed by atoms with Crippen molar-refractivity contribution in [2.75, 3.05) is 39.0 Å². The van der Waals surface area contributed by atoms with Gasteiger partial charge in [0.25, 0.3) is 0 Å². The predicted molar refractivity (Wildman–Crippen MR) is 104 cm³/mol. The van der Waals surface area contributed by atoms with Gasteiger partial charge in [-0.25, -0.2) is 0 Å². The van der Waals surface area contributed by atoms with Gasteiger partial charge in [0.05, 0.1) is 0 Å². The molecular formula is C21H33N3. The molecule has 1 unspecified atom stereocenters. The van der Waals surface area contributed by atoms with Gasteiger partial charge in [0, 0.05) is 43.5 Å². The Morgan fingerprint density at radius 1 is 1.12 bits per heavy atom. The van der Waals surface area contributed by atoms with Gasteiger partial charge in [-0.1, -0.05) is 26.0 Å². The summed E-state index contributed by atoms with van der Waals surface area (Å²) >= 11 is 0. The smallest absolute Gasteiger partial charge is 0.0390 e. The number of rotatable bonds is 3. The second-order valence-electron chi connectivity index (χ2n) is 8.46. The van der Waals surface area contributed by atoms with E-state index in [1.165, 1.54) is 23.1 Å². The van der Waals surface area contributed by atoms with Gasteiger partial charge in [0.2, 0.25) is 0 Å². The van der Waals surface area contributed by atoms with Crippen molar-refractivity contribution < 1.29 is 0 Å². The fraction of sp³-hybridized carbons (Fsp3) is 0.619. The van der Waals surface area contributed by atoms with Gasteiger partial charge < -0.3 is 10.6 Å². The molecule has 1 aromatic rings. The van der Waals surface area contributed by atoms with Crippen LogP contribution in [0.4, 0.5) is 5.69 Å². The quantitative estimate of drug-likeness (QED) is 0.846. The minimum Gasteiger partial charge on any atom is -0.398 e. The Morgan fingerprint density at radius 2 is 1.83 bits per heavy atom. The van der Waals surface area contributed by atoms with Crippen LogP contribution in [-0.4, -0.2) is 43.0 Å². The molecule has 1 saturated heterocycles. The third-order valence-electron chi connectivity index (χ3n) is 5.96. The van der Waals surface area contributed by atoms with E-state index < -0.39 is 0 Å². The fourth-order valence-corrected chi connectivity index (χ4v) is 3.85. The lowest BCUT2D eigenvalue weighted by atomic mass is 9.76. The summed E-state index contributed by atoms with van der Waals surface area (Å²) in [6.07, 6.45) is 5.96. The van der Waals surface area contributed by atoms with Gasteiger partial charge >= 0.3 is 0 Å². The third kappa shape index (κ3) is 3.84. The molecule has 1 heterocycles. The van der Waals surface area contributed by atoms with Gasteiger partial charge in [-0.05, 0) is 61.9 Å². The van der Waals surface area contributed by atoms with E-state index in [-0.39, 0.29) is 0 Å². The number of allylic oxidation sites excluding steroid dienone is 2. The van der Waals surface area contributed by atoms with Gasteiger partial charge in [0.15, 0.2) is 0 Å². The van der Waals surface area contributed by atoms with E-state index in [0.717, 1.165) is 44.7 Å². The largest absolute Gasteiger partial charge is 0.398 e. The highest BCUT2D eigenvalue weighted by molar-refractivity contribution is 5.76. The summed E-state index contributed by atoms with van der Waals surface area (Å²) in [5.41, 5.74) is 11.8. The first-order chi connectivity index (χ1) is 11.4. The Hall–Kier alpha value is -1.32. The normalized spacial score (nSPS) is 23.8. The topological polar surface area (TPSA) is 32.5 Å². The molecule has 3 nitrogen and oxygen atoms in total. The Morgan fingerprint density at radius 3 is 2.46 bits per heavy atom. The average molecular weight is 328 g/mol. The number of hydrogen-bond donors (Lipinski definition) is 1. The number of likely N-dealkylation sites (N-methyl/N-ethyl adjacent to an activating group) is 1. The molecule has 0 bridgehead atoms. The van der Waals surface area contributed by atoms with E-state index in [9.17, 15) is 0 Å². The van der Waals surface area contributed by atoms with Crippen molar-refractivity contribution in [3.8, 4) is 0 Å². The number of piperazine rings is 1. The van der Waals surface area contributed by atoms with E-state index in [0.29, 0.717) is 11.5 Å². The molecule has 132 valence electrons. The summed E-state index contributed by atoms with van der Waals surface area (Å²) in [6.45, 7) is 11.7. The van der Waals surface area contributed by atoms with Crippen molar-refractivity contribution in [2.45, 2.75) is 46.1 Å². The lowest BCUT2D eigenvalue weighted by molar-refractivity contribution is 0.119. The first-order valence-electron chi connectivity index (χ1n) is 9.37. The van der Waals surface area contributed by atoms with Crippen LogP contribution in [0, 0.1) is 5.41 Å². The van der Waals surface area contributed by atoms with Gasteiger partial charge in [-0.3, -0.25) is 4.90 Å². The van der Waals surface area contributed by atoms with Crippen molar-refractivity contribution in [2.24, 2.45) is 5.41 Å². The molecule has 1 aromatic carbocycles. The zero-order valence-electron chi connectivity index (χ0n) is 15.8. The standard InChI is InChI=1S/C21H33N3/c1-16(24-13-11-23(4)12-14-24)18-5-6-20(22)19(15-18)17-7-9-21(2,3)10-8-17/h5-7,15-16H,8-14,22H2,1-4H3. The van der Waals surface area contributed by atoms with E-state index in [1.54, 1.807) is 0 Å². The summed E-state index contributed by atoms with van der Waals surface area (Å²) in [5.74, 6) is 0. The number of nitrogen functional groups attached to an aromatic ring is 1. The molecule has 2 aliphatic rings. The maximum Gasteiger partial charge on any atom is 0.0390 e. The van der Waals surface area contributed by atoms with E-state index >= 15 is 0 Å². The highest BCUT2D eigenvalue weighted by atomic mass is 15.3. The Balaban J connectivity index is 1.80. The molecule has 0 spiro atoms. The Kier molecular flexibility index (Phi) is 5.03. The van der Waals surface area contributed by atoms with Crippen LogP contribution in [0.15, 0.2) is 24.3 Å². The van der Waals surface area contributed by atoms with Crippen LogP contribution in [0.5, 0.6) is 0 Å². The highest BCUT2D eigenvalue weighted by Gasteiger charge is 2.24. The first kappa shape index (κ1) is 17.5. The monoisotopic (exact) mass is 327 g/mol. The van der Waals surface area contributed by atoms with Crippen molar-refractivity contribution in [1.29, 1.82) is 0 Å². The molecule has 1 aliphatic heterocycles. The maximum atomic E-state index is 6.32. The van der Waals surface area contributed by atoms with Crippen LogP contribution in [0.1, 0.15) is 57.2 Å². The third-order valence-corrected chi connectivity index (χ3v) is 5.96. The SMILES string of the molecule is CC(c1ccc(N)c(C2=CCC(C)(C)CC2)c1)N1CCN(C)CC1. The molecule has 0 saturated carbocycles. The molecule has 3 heteroatoms. The summed E-state index contributed by atoms with van der Waals surface area (Å²) in [5, 5.41) is 0. The highest BCUT2D eigenvalue weighted by Crippen LogP contribution is 2.40. The number of nitrogens with zero attached hydrogens (tertiary/aromatic N) is 2. The Labute approximate surface area is 147 Å². The van der Waals surface area contributed by atoms with E-state index in [1.807, 2.05) is 0 Å². The molecule has 0 amide bonds. The lowest BCUT2D eigenvalue weighted by Gasteiger charge is -2.37. The van der Waals surface area contributed by atoms with Gasteiger partial charge in [-0.15, -0.1) is 0 Å². The lowest BCUT2D eigenvalue weighted by Crippen LogP contribution is -2.45. The molecule has 1 aliphatic carbocycles. The van der Waals surface area contributed by atoms with Crippen LogP contribution in [0.2, 0.25) is 0 Å². The zero-order valence-corrected chi connectivity index (χ0v) is 15.8. The summed E-state index contributed by atoms with van der Waals surface area (Å²) in [4.78, 5) is 5.00. The van der Waals surface area contributed by atoms with Gasteiger partial charge in [-0.2, -0.15) is 0 Å². The van der Waals surface area contributed by atoms with Crippen molar-refractivity contribution in [3.05, 3.63) is 35.4 Å². The number of anilines is 1. The van der Waals surface area contributed by atoms with Crippen LogP contribution in [0.25, 0.3) is 5.57 Å². The van der Waals surface area contributed by atoms with Crippen LogP contribution in [0.3, 0.4) is 0 Å². The maximum absolute atomic E-state index is 6.32. The molecule has 1 atom stereocenters. The molecule has 24 heavy (non-hydrogen) atoms. The molecule has 2 N–H and O–H groups in total. The summed E-state index contributed by atoms with van der Waals surface area (Å²) in [6, 6.07) is 7.13. The van der Waals surface area contributed by atoms with Crippen molar-refractivity contribution in [3.63, 3.8) is 0 Å². The fourth-order valence-electron chi connectivity index (χ4n) is 3.85. The average Bonchev–Trinajstić information content (AvgIpc) is 2.56. The van der Waals surface area contributed by atoms with Crippen LogP contribution >= 0.6 is 0 Å². The van der Waals surface area contributed by atoms with Crippen LogP contribution < -0.4 is 5.73 Å². The predicted octanol–water partition coefficient (Wildman–Crippen LogP) is 4.17.